The molecule has 0 amide bonds. The van der Waals surface area contributed by atoms with Gasteiger partial charge in [0, 0.05) is 17.1 Å². The summed E-state index contributed by atoms with van der Waals surface area (Å²) in [5.74, 6) is -0.0459. The van der Waals surface area contributed by atoms with Crippen LogP contribution in [0.4, 0.5) is 4.39 Å². The summed E-state index contributed by atoms with van der Waals surface area (Å²) < 4.78 is 16.7. The standard InChI is InChI=1S/C19H20ClFN2/c20-16-5-6-17-14(12-16)4-3-13-2-1-9-23-18(13)19(17,21)15-7-10-22-11-8-15/h1-2,5-6,9,12,15,22H,3-4,7-8,10-11H2/t19-/m1/s1. The molecule has 1 aliphatic heterocycles. The van der Waals surface area contributed by atoms with Gasteiger partial charge in [0.15, 0.2) is 5.67 Å². The molecule has 1 saturated heterocycles. The number of hydrogen-bond acceptors (Lipinski definition) is 2. The molecule has 0 radical (unpaired) electrons. The van der Waals surface area contributed by atoms with E-state index in [2.05, 4.69) is 10.3 Å². The molecule has 120 valence electrons. The van der Waals surface area contributed by atoms with Crippen LogP contribution in [0.3, 0.4) is 0 Å². The van der Waals surface area contributed by atoms with E-state index in [1.165, 1.54) is 0 Å². The van der Waals surface area contributed by atoms with E-state index in [4.69, 9.17) is 11.6 Å². The van der Waals surface area contributed by atoms with Crippen molar-refractivity contribution in [3.05, 3.63) is 63.9 Å². The molecular formula is C19H20ClFN2. The van der Waals surface area contributed by atoms with E-state index in [-0.39, 0.29) is 5.92 Å². The monoisotopic (exact) mass is 330 g/mol. The van der Waals surface area contributed by atoms with Gasteiger partial charge in [-0.3, -0.25) is 4.98 Å². The second kappa shape index (κ2) is 5.88. The van der Waals surface area contributed by atoms with Crippen molar-refractivity contribution in [3.8, 4) is 0 Å². The highest BCUT2D eigenvalue weighted by Gasteiger charge is 2.47. The van der Waals surface area contributed by atoms with Crippen molar-refractivity contribution in [2.45, 2.75) is 31.4 Å². The zero-order valence-electron chi connectivity index (χ0n) is 13.0. The first-order chi connectivity index (χ1) is 11.2. The number of nitrogens with zero attached hydrogens (tertiary/aromatic N) is 1. The molecule has 0 spiro atoms. The fourth-order valence-electron chi connectivity index (χ4n) is 4.12. The van der Waals surface area contributed by atoms with Crippen molar-refractivity contribution >= 4 is 11.6 Å². The van der Waals surface area contributed by atoms with E-state index in [1.807, 2.05) is 30.3 Å². The summed E-state index contributed by atoms with van der Waals surface area (Å²) in [6, 6.07) is 9.54. The summed E-state index contributed by atoms with van der Waals surface area (Å²) in [7, 11) is 0. The Kier molecular flexibility index (Phi) is 3.86. The lowest BCUT2D eigenvalue weighted by Gasteiger charge is -2.37. The van der Waals surface area contributed by atoms with Crippen LogP contribution in [0.2, 0.25) is 5.02 Å². The second-order valence-corrected chi connectivity index (χ2v) is 6.99. The van der Waals surface area contributed by atoms with Gasteiger partial charge in [0.05, 0.1) is 5.69 Å². The minimum Gasteiger partial charge on any atom is -0.317 e. The zero-order chi connectivity index (χ0) is 15.9. The summed E-state index contributed by atoms with van der Waals surface area (Å²) in [4.78, 5) is 4.50. The van der Waals surface area contributed by atoms with Crippen LogP contribution in [-0.4, -0.2) is 18.1 Å². The van der Waals surface area contributed by atoms with E-state index in [0.717, 1.165) is 55.5 Å². The first kappa shape index (κ1) is 15.1. The third-order valence-electron chi connectivity index (χ3n) is 5.26. The van der Waals surface area contributed by atoms with Crippen molar-refractivity contribution in [3.63, 3.8) is 0 Å². The van der Waals surface area contributed by atoms with Crippen molar-refractivity contribution in [2.75, 3.05) is 13.1 Å². The smallest absolute Gasteiger partial charge is 0.181 e. The van der Waals surface area contributed by atoms with E-state index >= 15 is 4.39 Å². The molecule has 1 aromatic carbocycles. The van der Waals surface area contributed by atoms with Gasteiger partial charge in [-0.05, 0) is 73.7 Å². The first-order valence-electron chi connectivity index (χ1n) is 8.32. The van der Waals surface area contributed by atoms with Crippen LogP contribution in [0.25, 0.3) is 0 Å². The SMILES string of the molecule is F[C@]1(C2CCNCC2)c2ccc(Cl)cc2CCc2cccnc21. The van der Waals surface area contributed by atoms with Gasteiger partial charge in [0.1, 0.15) is 0 Å². The zero-order valence-corrected chi connectivity index (χ0v) is 13.7. The largest absolute Gasteiger partial charge is 0.317 e. The molecule has 0 bridgehead atoms. The Morgan fingerprint density at radius 3 is 2.74 bits per heavy atom. The number of hydrogen-bond donors (Lipinski definition) is 1. The number of pyridine rings is 1. The predicted octanol–water partition coefficient (Wildman–Crippen LogP) is 4.05. The summed E-state index contributed by atoms with van der Waals surface area (Å²) in [5, 5.41) is 4.01. The molecule has 2 nitrogen and oxygen atoms in total. The molecule has 1 N–H and O–H groups in total. The molecule has 1 aliphatic carbocycles. The van der Waals surface area contributed by atoms with Crippen LogP contribution in [0, 0.1) is 5.92 Å². The molecule has 1 fully saturated rings. The fourth-order valence-corrected chi connectivity index (χ4v) is 4.32. The fraction of sp³-hybridized carbons (Fsp3) is 0.421. The van der Waals surface area contributed by atoms with Crippen LogP contribution in [0.15, 0.2) is 36.5 Å². The van der Waals surface area contributed by atoms with Crippen molar-refractivity contribution in [1.29, 1.82) is 0 Å². The lowest BCUT2D eigenvalue weighted by molar-refractivity contribution is 0.0947. The highest BCUT2D eigenvalue weighted by Crippen LogP contribution is 2.48. The summed E-state index contributed by atoms with van der Waals surface area (Å²) in [6.45, 7) is 1.73. The molecule has 4 heteroatoms. The number of piperidine rings is 1. The Balaban J connectivity index is 1.94. The van der Waals surface area contributed by atoms with Crippen molar-refractivity contribution in [2.24, 2.45) is 5.92 Å². The minimum atomic E-state index is -1.52. The van der Waals surface area contributed by atoms with Crippen LogP contribution in [-0.2, 0) is 18.5 Å². The first-order valence-corrected chi connectivity index (χ1v) is 8.70. The van der Waals surface area contributed by atoms with E-state index in [9.17, 15) is 0 Å². The number of rotatable bonds is 1. The van der Waals surface area contributed by atoms with Crippen LogP contribution >= 0.6 is 11.6 Å². The van der Waals surface area contributed by atoms with Gasteiger partial charge in [-0.25, -0.2) is 4.39 Å². The lowest BCUT2D eigenvalue weighted by atomic mass is 9.74. The molecule has 2 aliphatic rings. The highest BCUT2D eigenvalue weighted by atomic mass is 35.5. The maximum absolute atomic E-state index is 16.7. The number of aromatic nitrogens is 1. The van der Waals surface area contributed by atoms with E-state index < -0.39 is 5.67 Å². The number of benzene rings is 1. The molecular weight excluding hydrogens is 311 g/mol. The molecule has 23 heavy (non-hydrogen) atoms. The number of aryl methyl sites for hydroxylation is 2. The predicted molar refractivity (Wildman–Crippen MR) is 90.6 cm³/mol. The molecule has 4 rings (SSSR count). The number of alkyl halides is 1. The van der Waals surface area contributed by atoms with Crippen LogP contribution in [0.5, 0.6) is 0 Å². The molecule has 2 heterocycles. The van der Waals surface area contributed by atoms with E-state index in [1.54, 1.807) is 6.20 Å². The normalized spacial score (nSPS) is 24.6. The third kappa shape index (κ3) is 2.47. The topological polar surface area (TPSA) is 24.9 Å². The molecule has 1 atom stereocenters. The lowest BCUT2D eigenvalue weighted by Crippen LogP contribution is -2.41. The average Bonchev–Trinajstić information content (AvgIpc) is 2.72. The molecule has 2 aromatic rings. The van der Waals surface area contributed by atoms with Gasteiger partial charge < -0.3 is 5.32 Å². The third-order valence-corrected chi connectivity index (χ3v) is 5.50. The van der Waals surface area contributed by atoms with Gasteiger partial charge in [-0.2, -0.15) is 0 Å². The van der Waals surface area contributed by atoms with Gasteiger partial charge in [0.2, 0.25) is 0 Å². The van der Waals surface area contributed by atoms with Gasteiger partial charge in [-0.15, -0.1) is 0 Å². The number of halogens is 2. The van der Waals surface area contributed by atoms with E-state index in [0.29, 0.717) is 10.7 Å². The minimum absolute atomic E-state index is 0.0459. The molecule has 0 saturated carbocycles. The van der Waals surface area contributed by atoms with Crippen molar-refractivity contribution in [1.82, 2.24) is 10.3 Å². The van der Waals surface area contributed by atoms with Gasteiger partial charge in [-0.1, -0.05) is 23.7 Å². The quantitative estimate of drug-likeness (QED) is 0.853. The summed E-state index contributed by atoms with van der Waals surface area (Å²) >= 11 is 6.17. The Hall–Kier alpha value is -1.45. The number of nitrogens with one attached hydrogen (secondary N) is 1. The Labute approximate surface area is 141 Å². The van der Waals surface area contributed by atoms with Gasteiger partial charge >= 0.3 is 0 Å². The van der Waals surface area contributed by atoms with Gasteiger partial charge in [0.25, 0.3) is 0 Å². The second-order valence-electron chi connectivity index (χ2n) is 6.55. The number of fused-ring (bicyclic) bond motifs is 2. The van der Waals surface area contributed by atoms with Crippen molar-refractivity contribution < 1.29 is 4.39 Å². The summed E-state index contributed by atoms with van der Waals surface area (Å²) in [6.07, 6.45) is 5.00. The molecule has 1 aromatic heterocycles. The Morgan fingerprint density at radius 1 is 1.13 bits per heavy atom. The Bertz CT molecular complexity index is 727. The highest BCUT2D eigenvalue weighted by molar-refractivity contribution is 6.30. The maximum Gasteiger partial charge on any atom is 0.181 e. The Morgan fingerprint density at radius 2 is 1.91 bits per heavy atom. The summed E-state index contributed by atoms with van der Waals surface area (Å²) in [5.41, 5.74) is 1.92. The van der Waals surface area contributed by atoms with Crippen LogP contribution < -0.4 is 5.32 Å². The van der Waals surface area contributed by atoms with Crippen LogP contribution in [0.1, 0.15) is 35.2 Å². The maximum atomic E-state index is 16.7. The molecule has 0 unspecified atom stereocenters. The average molecular weight is 331 g/mol.